The number of allylic oxidation sites excluding steroid dienone is 2. The number of hydrogen-bond donors (Lipinski definition) is 3. The maximum absolute atomic E-state index is 15.0. The smallest absolute Gasteiger partial charge is 0.408 e. The zero-order valence-electron chi connectivity index (χ0n) is 35.6. The van der Waals surface area contributed by atoms with E-state index in [1.807, 2.05) is 38.1 Å². The van der Waals surface area contributed by atoms with E-state index in [9.17, 15) is 27.6 Å². The van der Waals surface area contributed by atoms with Gasteiger partial charge in [0.2, 0.25) is 27.7 Å². The Bertz CT molecular complexity index is 2240. The van der Waals surface area contributed by atoms with E-state index in [2.05, 4.69) is 28.0 Å². The zero-order chi connectivity index (χ0) is 43.8. The second-order valence-corrected chi connectivity index (χ2v) is 20.5. The molecule has 1 aromatic heterocycles. The first kappa shape index (κ1) is 43.7. The molecule has 16 heteroatoms. The van der Waals surface area contributed by atoms with Gasteiger partial charge in [0.15, 0.2) is 0 Å². The maximum atomic E-state index is 15.0. The largest absolute Gasteiger partial charge is 0.472 e. The van der Waals surface area contributed by atoms with Crippen LogP contribution in [0.15, 0.2) is 49.1 Å². The highest BCUT2D eigenvalue weighted by Crippen LogP contribution is 2.46. The van der Waals surface area contributed by atoms with Gasteiger partial charge in [-0.15, -0.1) is 6.58 Å². The minimum absolute atomic E-state index is 0.0216. The van der Waals surface area contributed by atoms with Crippen molar-refractivity contribution >= 4 is 50.7 Å². The molecule has 15 nitrogen and oxygen atoms in total. The van der Waals surface area contributed by atoms with Crippen LogP contribution in [0.4, 0.5) is 4.79 Å². The van der Waals surface area contributed by atoms with Crippen molar-refractivity contribution < 1.29 is 46.6 Å². The summed E-state index contributed by atoms with van der Waals surface area (Å²) in [5, 5.41) is 5.76. The molecule has 7 atom stereocenters. The zero-order valence-corrected chi connectivity index (χ0v) is 36.5. The van der Waals surface area contributed by atoms with Gasteiger partial charge in [-0.25, -0.2) is 18.2 Å². The van der Waals surface area contributed by atoms with Gasteiger partial charge >= 0.3 is 12.1 Å². The lowest BCUT2D eigenvalue weighted by atomic mass is 9.96. The third-order valence-electron chi connectivity index (χ3n) is 13.5. The molecule has 3 heterocycles. The number of hydrogen-bond acceptors (Lipinski definition) is 11. The standard InChI is InChI=1S/C46H59N5O10S/c1-4-30-25-46(30,44(55)50-62(57,58)32-21-22-32)49-41(53)36-24-31-26-51(36)43(54)39(29-14-8-9-15-29)48-45(56)60-37-20-12-16-28(37)13-6-5-7-18-34-40(61-38(52)23-27(2)3)33-17-10-11-19-35(33)47-42(34)59-31/h4-5,7,10-11,17,19,27-32,36-37,39H,1,6,8-9,12-16,18,20-26H2,2-3H3,(H,48,56)(H,49,53)(H,50,55)/b7-5+/t28-,30-,31-,36+,37-,39+,46-/m1/s1. The number of aromatic nitrogens is 1. The van der Waals surface area contributed by atoms with Crippen molar-refractivity contribution in [1.82, 2.24) is 25.2 Å². The van der Waals surface area contributed by atoms with Gasteiger partial charge in [0.1, 0.15) is 35.6 Å². The number of sulfonamides is 1. The Kier molecular flexibility index (Phi) is 12.7. The molecule has 5 fully saturated rings. The number of carbonyl (C=O) groups excluding carboxylic acids is 5. The minimum Gasteiger partial charge on any atom is -0.472 e. The number of rotatable bonds is 10. The van der Waals surface area contributed by atoms with Gasteiger partial charge in [-0.1, -0.05) is 57.0 Å². The number of carbonyl (C=O) groups is 5. The number of esters is 1. The average Bonchev–Trinajstić information content (AvgIpc) is 4.02. The highest BCUT2D eigenvalue weighted by Gasteiger charge is 2.62. The SMILES string of the molecule is C=C[C@@H]1C[C@]1(NC(=O)[C@@H]1C[C@@H]2CN1C(=O)[C@H](C1CCCC1)NC(=O)O[C@@H]1CCC[C@H]1CC/C=C/Cc1c(nc3ccccc3c1OC(=O)CC(C)C)O2)C(=O)NS(=O)(=O)C1CC1. The lowest BCUT2D eigenvalue weighted by Crippen LogP contribution is -2.59. The molecule has 2 bridgehead atoms. The van der Waals surface area contributed by atoms with Gasteiger partial charge in [0.25, 0.3) is 5.91 Å². The number of benzene rings is 1. The van der Waals surface area contributed by atoms with E-state index in [4.69, 9.17) is 19.2 Å². The third kappa shape index (κ3) is 9.35. The summed E-state index contributed by atoms with van der Waals surface area (Å²) in [7, 11) is -3.93. The molecule has 0 spiro atoms. The molecule has 0 unspecified atom stereocenters. The number of para-hydroxylation sites is 1. The molecule has 62 heavy (non-hydrogen) atoms. The van der Waals surface area contributed by atoms with E-state index in [-0.39, 0.29) is 55.5 Å². The van der Waals surface area contributed by atoms with Crippen molar-refractivity contribution in [2.24, 2.45) is 23.7 Å². The first-order valence-electron chi connectivity index (χ1n) is 22.5. The molecule has 0 radical (unpaired) electrons. The van der Waals surface area contributed by atoms with Crippen LogP contribution in [0.5, 0.6) is 11.6 Å². The van der Waals surface area contributed by atoms with Crippen molar-refractivity contribution in [3.8, 4) is 11.6 Å². The van der Waals surface area contributed by atoms with Gasteiger partial charge < -0.3 is 29.7 Å². The molecular weight excluding hydrogens is 815 g/mol. The minimum atomic E-state index is -3.93. The Hall–Kier alpha value is -4.99. The van der Waals surface area contributed by atoms with Gasteiger partial charge in [-0.2, -0.15) is 0 Å². The summed E-state index contributed by atoms with van der Waals surface area (Å²) in [6, 6.07) is 5.15. The summed E-state index contributed by atoms with van der Waals surface area (Å²) in [4.78, 5) is 76.8. The summed E-state index contributed by atoms with van der Waals surface area (Å²) in [6.45, 7) is 7.63. The lowest BCUT2D eigenvalue weighted by Gasteiger charge is -2.32. The number of pyridine rings is 1. The van der Waals surface area contributed by atoms with Gasteiger partial charge in [0, 0.05) is 24.1 Å². The van der Waals surface area contributed by atoms with Crippen LogP contribution in [0.1, 0.15) is 109 Å². The van der Waals surface area contributed by atoms with E-state index < -0.39 is 74.7 Å². The van der Waals surface area contributed by atoms with Crippen LogP contribution in [-0.4, -0.2) is 89.7 Å². The van der Waals surface area contributed by atoms with E-state index in [1.54, 1.807) is 6.07 Å². The highest BCUT2D eigenvalue weighted by atomic mass is 32.2. The lowest BCUT2D eigenvalue weighted by molar-refractivity contribution is -0.142. The maximum Gasteiger partial charge on any atom is 0.408 e. The van der Waals surface area contributed by atoms with Crippen molar-refractivity contribution in [2.45, 2.75) is 145 Å². The van der Waals surface area contributed by atoms with E-state index in [0.29, 0.717) is 54.3 Å². The molecule has 6 aliphatic rings. The predicted molar refractivity (Wildman–Crippen MR) is 229 cm³/mol. The number of alkyl carbamates (subject to hydrolysis) is 1. The monoisotopic (exact) mass is 873 g/mol. The van der Waals surface area contributed by atoms with Crippen LogP contribution >= 0.6 is 0 Å². The molecule has 4 saturated carbocycles. The normalized spacial score (nSPS) is 29.9. The molecule has 3 N–H and O–H groups in total. The molecule has 4 amide bonds. The first-order valence-corrected chi connectivity index (χ1v) is 24.0. The van der Waals surface area contributed by atoms with E-state index in [1.165, 1.54) is 11.0 Å². The highest BCUT2D eigenvalue weighted by molar-refractivity contribution is 7.91. The van der Waals surface area contributed by atoms with Crippen LogP contribution in [0.2, 0.25) is 0 Å². The van der Waals surface area contributed by atoms with E-state index >= 15 is 4.79 Å². The predicted octanol–water partition coefficient (Wildman–Crippen LogP) is 5.55. The Morgan fingerprint density at radius 1 is 1.02 bits per heavy atom. The van der Waals surface area contributed by atoms with Gasteiger partial charge in [-0.05, 0) is 101 Å². The second-order valence-electron chi connectivity index (χ2n) is 18.5. The quantitative estimate of drug-likeness (QED) is 0.200. The summed E-state index contributed by atoms with van der Waals surface area (Å²) in [5.41, 5.74) is -0.513. The molecule has 2 aromatic rings. The fraction of sp³-hybridized carbons (Fsp3) is 0.609. The molecule has 1 aromatic carbocycles. The Balaban J connectivity index is 1.17. The van der Waals surface area contributed by atoms with Gasteiger partial charge in [0.05, 0.1) is 22.9 Å². The second kappa shape index (κ2) is 18.0. The van der Waals surface area contributed by atoms with E-state index in [0.717, 1.165) is 44.9 Å². The topological polar surface area (TPSA) is 199 Å². The van der Waals surface area contributed by atoms with Crippen molar-refractivity contribution in [2.75, 3.05) is 6.54 Å². The molecule has 8 rings (SSSR count). The number of fused-ring (bicyclic) bond motifs is 5. The molecule has 2 aliphatic heterocycles. The van der Waals surface area contributed by atoms with Crippen molar-refractivity contribution in [1.29, 1.82) is 0 Å². The molecule has 4 aliphatic carbocycles. The molecule has 334 valence electrons. The molecule has 1 saturated heterocycles. The third-order valence-corrected chi connectivity index (χ3v) is 15.3. The first-order chi connectivity index (χ1) is 29.8. The average molecular weight is 874 g/mol. The van der Waals surface area contributed by atoms with Crippen LogP contribution in [0.3, 0.4) is 0 Å². The summed E-state index contributed by atoms with van der Waals surface area (Å²) < 4.78 is 46.9. The fourth-order valence-electron chi connectivity index (χ4n) is 9.90. The summed E-state index contributed by atoms with van der Waals surface area (Å²) >= 11 is 0. The van der Waals surface area contributed by atoms with Crippen molar-refractivity contribution in [3.63, 3.8) is 0 Å². The van der Waals surface area contributed by atoms with Crippen molar-refractivity contribution in [3.05, 3.63) is 54.6 Å². The number of ether oxygens (including phenoxy) is 3. The fourth-order valence-corrected chi connectivity index (χ4v) is 11.3. The van der Waals surface area contributed by atoms with Crippen LogP contribution in [-0.2, 0) is 40.4 Å². The van der Waals surface area contributed by atoms with Crippen LogP contribution in [0.25, 0.3) is 10.9 Å². The number of amides is 4. The van der Waals surface area contributed by atoms with Crippen LogP contribution in [0, 0.1) is 23.7 Å². The van der Waals surface area contributed by atoms with Gasteiger partial charge in [-0.3, -0.25) is 23.9 Å². The number of nitrogens with one attached hydrogen (secondary N) is 3. The number of nitrogens with zero attached hydrogens (tertiary/aromatic N) is 2. The Morgan fingerprint density at radius 3 is 2.50 bits per heavy atom. The Labute approximate surface area is 363 Å². The van der Waals surface area contributed by atoms with Crippen LogP contribution < -0.4 is 24.8 Å². The Morgan fingerprint density at radius 2 is 1.77 bits per heavy atom. The summed E-state index contributed by atoms with van der Waals surface area (Å²) in [5.74, 6) is -2.42. The summed E-state index contributed by atoms with van der Waals surface area (Å²) in [6.07, 6.45) is 12.5. The molecular formula is C46H59N5O10S.